The van der Waals surface area contributed by atoms with Crippen molar-refractivity contribution in [3.05, 3.63) is 0 Å². The highest BCUT2D eigenvalue weighted by molar-refractivity contribution is 5.77. The number of carbonyl (C=O) groups is 1. The van der Waals surface area contributed by atoms with Crippen LogP contribution in [0.25, 0.3) is 0 Å². The van der Waals surface area contributed by atoms with Crippen LogP contribution in [0.4, 0.5) is 0 Å². The predicted molar refractivity (Wildman–Crippen MR) is 54.2 cm³/mol. The SMILES string of the molecule is N#CNC(=O)CCCC1CCCCC1. The van der Waals surface area contributed by atoms with Crippen LogP contribution < -0.4 is 5.32 Å². The summed E-state index contributed by atoms with van der Waals surface area (Å²) in [6, 6.07) is 0. The second-order valence-corrected chi connectivity index (χ2v) is 4.06. The lowest BCUT2D eigenvalue weighted by atomic mass is 9.86. The molecule has 0 aliphatic heterocycles. The molecule has 0 aromatic rings. The quantitative estimate of drug-likeness (QED) is 0.551. The van der Waals surface area contributed by atoms with Gasteiger partial charge in [0.25, 0.3) is 0 Å². The molecule has 0 unspecified atom stereocenters. The van der Waals surface area contributed by atoms with E-state index in [1.165, 1.54) is 32.1 Å². The Morgan fingerprint density at radius 1 is 1.36 bits per heavy atom. The Kier molecular flexibility index (Phi) is 5.06. The highest BCUT2D eigenvalue weighted by atomic mass is 16.1. The van der Waals surface area contributed by atoms with E-state index in [0.29, 0.717) is 6.42 Å². The smallest absolute Gasteiger partial charge is 0.232 e. The van der Waals surface area contributed by atoms with E-state index in [4.69, 9.17) is 5.26 Å². The molecule has 0 heterocycles. The first-order chi connectivity index (χ1) is 6.83. The third kappa shape index (κ3) is 4.27. The van der Waals surface area contributed by atoms with Crippen LogP contribution in [0, 0.1) is 17.4 Å². The molecule has 1 N–H and O–H groups in total. The van der Waals surface area contributed by atoms with Crippen LogP contribution in [-0.4, -0.2) is 5.91 Å². The molecule has 0 bridgehead atoms. The maximum absolute atomic E-state index is 11.0. The summed E-state index contributed by atoms with van der Waals surface area (Å²) in [5.74, 6) is 0.696. The van der Waals surface area contributed by atoms with Gasteiger partial charge in [-0.2, -0.15) is 5.26 Å². The van der Waals surface area contributed by atoms with Crippen LogP contribution in [0.3, 0.4) is 0 Å². The molecule has 14 heavy (non-hydrogen) atoms. The van der Waals surface area contributed by atoms with Crippen molar-refractivity contribution < 1.29 is 4.79 Å². The summed E-state index contributed by atoms with van der Waals surface area (Å²) < 4.78 is 0. The number of rotatable bonds is 4. The van der Waals surface area contributed by atoms with Gasteiger partial charge in [0.05, 0.1) is 0 Å². The molecule has 1 fully saturated rings. The number of amides is 1. The molecule has 1 rings (SSSR count). The van der Waals surface area contributed by atoms with E-state index < -0.39 is 0 Å². The average molecular weight is 194 g/mol. The van der Waals surface area contributed by atoms with E-state index in [1.54, 1.807) is 6.19 Å². The van der Waals surface area contributed by atoms with Crippen molar-refractivity contribution in [2.24, 2.45) is 5.92 Å². The fraction of sp³-hybridized carbons (Fsp3) is 0.818. The van der Waals surface area contributed by atoms with Crippen molar-refractivity contribution in [2.45, 2.75) is 51.4 Å². The molecule has 0 aromatic carbocycles. The van der Waals surface area contributed by atoms with Crippen LogP contribution in [0.1, 0.15) is 51.4 Å². The lowest BCUT2D eigenvalue weighted by Crippen LogP contribution is -2.17. The standard InChI is InChI=1S/C11H18N2O/c12-9-13-11(14)8-4-7-10-5-2-1-3-6-10/h10H,1-8H2,(H,13,14). The van der Waals surface area contributed by atoms with Gasteiger partial charge in [-0.05, 0) is 18.8 Å². The van der Waals surface area contributed by atoms with Gasteiger partial charge in [-0.1, -0.05) is 32.1 Å². The molecule has 3 nitrogen and oxygen atoms in total. The Morgan fingerprint density at radius 2 is 2.07 bits per heavy atom. The van der Waals surface area contributed by atoms with Crippen LogP contribution in [-0.2, 0) is 4.79 Å². The van der Waals surface area contributed by atoms with Gasteiger partial charge in [-0.25, -0.2) is 0 Å². The Morgan fingerprint density at radius 3 is 2.71 bits per heavy atom. The number of hydrogen-bond acceptors (Lipinski definition) is 2. The molecule has 78 valence electrons. The van der Waals surface area contributed by atoms with E-state index >= 15 is 0 Å². The normalized spacial score (nSPS) is 17.4. The van der Waals surface area contributed by atoms with Gasteiger partial charge in [0.15, 0.2) is 6.19 Å². The summed E-state index contributed by atoms with van der Waals surface area (Å²) in [4.78, 5) is 11.0. The third-order valence-corrected chi connectivity index (χ3v) is 2.94. The highest BCUT2D eigenvalue weighted by Gasteiger charge is 2.13. The van der Waals surface area contributed by atoms with Crippen LogP contribution >= 0.6 is 0 Å². The number of nitrogens with zero attached hydrogens (tertiary/aromatic N) is 1. The van der Waals surface area contributed by atoms with Gasteiger partial charge in [0.1, 0.15) is 0 Å². The molecule has 3 heteroatoms. The molecule has 1 aliphatic rings. The minimum Gasteiger partial charge on any atom is -0.274 e. The predicted octanol–water partition coefficient (Wildman–Crippen LogP) is 2.33. The molecular formula is C11H18N2O. The van der Waals surface area contributed by atoms with Crippen molar-refractivity contribution >= 4 is 5.91 Å². The van der Waals surface area contributed by atoms with Gasteiger partial charge in [0, 0.05) is 6.42 Å². The number of nitriles is 1. The number of hydrogen-bond donors (Lipinski definition) is 1. The zero-order valence-electron chi connectivity index (χ0n) is 8.59. The van der Waals surface area contributed by atoms with Crippen molar-refractivity contribution in [1.29, 1.82) is 5.26 Å². The molecule has 0 saturated heterocycles. The van der Waals surface area contributed by atoms with E-state index in [1.807, 2.05) is 0 Å². The van der Waals surface area contributed by atoms with Crippen LogP contribution in [0.5, 0.6) is 0 Å². The maximum Gasteiger partial charge on any atom is 0.232 e. The van der Waals surface area contributed by atoms with Gasteiger partial charge in [-0.3, -0.25) is 10.1 Å². The first kappa shape index (κ1) is 11.0. The van der Waals surface area contributed by atoms with Crippen molar-refractivity contribution in [1.82, 2.24) is 5.32 Å². The molecule has 0 aromatic heterocycles. The van der Waals surface area contributed by atoms with Crippen molar-refractivity contribution in [2.75, 3.05) is 0 Å². The molecule has 0 radical (unpaired) electrons. The summed E-state index contributed by atoms with van der Waals surface area (Å²) in [5.41, 5.74) is 0. The first-order valence-corrected chi connectivity index (χ1v) is 5.51. The molecule has 0 spiro atoms. The van der Waals surface area contributed by atoms with E-state index in [2.05, 4.69) is 5.32 Å². The minimum atomic E-state index is -0.136. The summed E-state index contributed by atoms with van der Waals surface area (Å²) in [5, 5.41) is 10.4. The largest absolute Gasteiger partial charge is 0.274 e. The van der Waals surface area contributed by atoms with Crippen LogP contribution in [0.15, 0.2) is 0 Å². The second kappa shape index (κ2) is 6.42. The molecule has 0 atom stereocenters. The maximum atomic E-state index is 11.0. The van der Waals surface area contributed by atoms with Crippen molar-refractivity contribution in [3.8, 4) is 6.19 Å². The van der Waals surface area contributed by atoms with Gasteiger partial charge in [0.2, 0.25) is 5.91 Å². The highest BCUT2D eigenvalue weighted by Crippen LogP contribution is 2.27. The topological polar surface area (TPSA) is 52.9 Å². The lowest BCUT2D eigenvalue weighted by Gasteiger charge is -2.20. The molecule has 1 aliphatic carbocycles. The van der Waals surface area contributed by atoms with E-state index in [9.17, 15) is 4.79 Å². The second-order valence-electron chi connectivity index (χ2n) is 4.06. The van der Waals surface area contributed by atoms with E-state index in [0.717, 1.165) is 18.8 Å². The zero-order valence-corrected chi connectivity index (χ0v) is 8.59. The fourth-order valence-electron chi connectivity index (χ4n) is 2.15. The zero-order chi connectivity index (χ0) is 10.2. The van der Waals surface area contributed by atoms with Gasteiger partial charge >= 0.3 is 0 Å². The Labute approximate surface area is 85.5 Å². The van der Waals surface area contributed by atoms with Crippen LogP contribution in [0.2, 0.25) is 0 Å². The summed E-state index contributed by atoms with van der Waals surface area (Å²) >= 11 is 0. The summed E-state index contributed by atoms with van der Waals surface area (Å²) in [6.45, 7) is 0. The minimum absolute atomic E-state index is 0.136. The summed E-state index contributed by atoms with van der Waals surface area (Å²) in [7, 11) is 0. The Hall–Kier alpha value is -1.04. The monoisotopic (exact) mass is 194 g/mol. The molecule has 1 amide bonds. The fourth-order valence-corrected chi connectivity index (χ4v) is 2.15. The number of carbonyl (C=O) groups excluding carboxylic acids is 1. The van der Waals surface area contributed by atoms with Gasteiger partial charge < -0.3 is 0 Å². The summed E-state index contributed by atoms with van der Waals surface area (Å²) in [6.07, 6.45) is 11.0. The van der Waals surface area contributed by atoms with E-state index in [-0.39, 0.29) is 5.91 Å². The van der Waals surface area contributed by atoms with Gasteiger partial charge in [-0.15, -0.1) is 0 Å². The molecular weight excluding hydrogens is 176 g/mol. The number of nitrogens with one attached hydrogen (secondary N) is 1. The molecule has 1 saturated carbocycles. The Balaban J connectivity index is 2.03. The Bertz CT molecular complexity index is 214. The third-order valence-electron chi connectivity index (χ3n) is 2.94. The van der Waals surface area contributed by atoms with Crippen molar-refractivity contribution in [3.63, 3.8) is 0 Å². The first-order valence-electron chi connectivity index (χ1n) is 5.51. The average Bonchev–Trinajstić information content (AvgIpc) is 2.20. The lowest BCUT2D eigenvalue weighted by molar-refractivity contribution is -0.120.